The minimum absolute atomic E-state index is 0. The van der Waals surface area contributed by atoms with Gasteiger partial charge in [0.15, 0.2) is 0 Å². The Morgan fingerprint density at radius 3 is 0.907 bits per heavy atom. The van der Waals surface area contributed by atoms with Crippen LogP contribution in [0.25, 0.3) is 18.2 Å². The first-order valence-electron chi connectivity index (χ1n) is 13.9. The second-order valence-corrected chi connectivity index (χ2v) is 9.85. The first-order valence-corrected chi connectivity index (χ1v) is 13.9. The van der Waals surface area contributed by atoms with Crippen molar-refractivity contribution in [3.63, 3.8) is 0 Å². The van der Waals surface area contributed by atoms with E-state index >= 15 is 0 Å². The third kappa shape index (κ3) is 5.72. The summed E-state index contributed by atoms with van der Waals surface area (Å²) in [5, 5.41) is 12.5. The van der Waals surface area contributed by atoms with Crippen molar-refractivity contribution < 1.29 is 16.8 Å². The van der Waals surface area contributed by atoms with E-state index < -0.39 is 0 Å². The number of hydrazine groups is 3. The third-order valence-electron chi connectivity index (χ3n) is 7.25. The van der Waals surface area contributed by atoms with Crippen LogP contribution in [-0.4, -0.2) is 15.0 Å². The molecule has 0 saturated heterocycles. The molecule has 43 heavy (non-hydrogen) atoms. The number of benzene rings is 3. The van der Waals surface area contributed by atoms with Crippen LogP contribution in [0.5, 0.6) is 0 Å². The van der Waals surface area contributed by atoms with E-state index in [1.165, 1.54) is 33.8 Å². The predicted molar refractivity (Wildman–Crippen MR) is 174 cm³/mol. The van der Waals surface area contributed by atoms with Gasteiger partial charge < -0.3 is 0 Å². The van der Waals surface area contributed by atoms with Gasteiger partial charge in [0, 0.05) is 72.5 Å². The van der Waals surface area contributed by atoms with Crippen molar-refractivity contribution in [3.05, 3.63) is 182 Å². The largest absolute Gasteiger partial charge is 2.00 e. The van der Waals surface area contributed by atoms with Gasteiger partial charge in [0.25, 0.3) is 0 Å². The van der Waals surface area contributed by atoms with E-state index in [2.05, 4.69) is 158 Å². The van der Waals surface area contributed by atoms with Crippen molar-refractivity contribution in [1.82, 2.24) is 15.0 Å². The van der Waals surface area contributed by atoms with Crippen LogP contribution in [0, 0.1) is 0 Å². The fraction of sp³-hybridized carbons (Fsp3) is 0. The molecule has 0 atom stereocenters. The summed E-state index contributed by atoms with van der Waals surface area (Å²) in [5.74, 6) is 0. The van der Waals surface area contributed by atoms with Crippen LogP contribution < -0.4 is 15.0 Å². The minimum atomic E-state index is 0. The molecule has 3 aromatic carbocycles. The molecule has 6 aliphatic rings. The molecule has 3 aromatic rings. The van der Waals surface area contributed by atoms with Crippen LogP contribution in [-0.2, 0) is 16.8 Å². The molecule has 0 bridgehead atoms. The quantitative estimate of drug-likeness (QED) is 0.256. The van der Waals surface area contributed by atoms with E-state index in [4.69, 9.17) is 0 Å². The Morgan fingerprint density at radius 2 is 0.581 bits per heavy atom. The van der Waals surface area contributed by atoms with Gasteiger partial charge in [-0.1, -0.05) is 54.6 Å². The molecule has 0 spiro atoms. The Kier molecular flexibility index (Phi) is 8.17. The summed E-state index contributed by atoms with van der Waals surface area (Å²) >= 11 is 0. The smallest absolute Gasteiger partial charge is 0.264 e. The third-order valence-corrected chi connectivity index (χ3v) is 7.25. The average molecular weight is 606 g/mol. The molecule has 0 saturated carbocycles. The van der Waals surface area contributed by atoms with Gasteiger partial charge in [-0.25, -0.2) is 0 Å². The maximum Gasteiger partial charge on any atom is 2.00 e. The monoisotopic (exact) mass is 605 g/mol. The van der Waals surface area contributed by atoms with E-state index in [-0.39, 0.29) is 16.8 Å². The molecule has 6 heterocycles. The van der Waals surface area contributed by atoms with Crippen molar-refractivity contribution in [1.29, 1.82) is 0 Å². The molecule has 0 unspecified atom stereocenters. The Bertz CT molecular complexity index is 1540. The number of hydrogen-bond acceptors (Lipinski definition) is 6. The van der Waals surface area contributed by atoms with E-state index in [0.717, 1.165) is 0 Å². The zero-order valence-corrected chi connectivity index (χ0v) is 24.4. The van der Waals surface area contributed by atoms with Crippen molar-refractivity contribution in [2.75, 3.05) is 15.0 Å². The van der Waals surface area contributed by atoms with Gasteiger partial charge in [0.1, 0.15) is 0 Å². The maximum atomic E-state index is 2.12. The molecule has 211 valence electrons. The summed E-state index contributed by atoms with van der Waals surface area (Å²) in [6, 6.07) is 25.1. The first kappa shape index (κ1) is 27.8. The summed E-state index contributed by atoms with van der Waals surface area (Å²) < 4.78 is 0. The van der Waals surface area contributed by atoms with E-state index in [1.54, 1.807) is 0 Å². The Balaban J connectivity index is 0.000000113. The Morgan fingerprint density at radius 1 is 0.302 bits per heavy atom. The molecule has 0 aliphatic carbocycles. The average Bonchev–Trinajstić information content (AvgIpc) is 3.09. The molecular weight excluding hydrogens is 575 g/mol. The summed E-state index contributed by atoms with van der Waals surface area (Å²) in [7, 11) is 0. The molecule has 1 radical (unpaired) electrons. The number of fused-ring (bicyclic) bond motifs is 9. The fourth-order valence-electron chi connectivity index (χ4n) is 5.21. The van der Waals surface area contributed by atoms with Crippen LogP contribution in [0.2, 0.25) is 0 Å². The minimum Gasteiger partial charge on any atom is -0.264 e. The van der Waals surface area contributed by atoms with Crippen LogP contribution >= 0.6 is 0 Å². The van der Waals surface area contributed by atoms with Crippen molar-refractivity contribution >= 4 is 35.3 Å². The van der Waals surface area contributed by atoms with Gasteiger partial charge >= 0.3 is 16.8 Å². The van der Waals surface area contributed by atoms with Gasteiger partial charge in [0.2, 0.25) is 0 Å². The van der Waals surface area contributed by atoms with Gasteiger partial charge in [-0.05, 0) is 72.9 Å². The van der Waals surface area contributed by atoms with Crippen LogP contribution in [0.3, 0.4) is 0 Å². The zero-order valence-electron chi connectivity index (χ0n) is 23.3. The normalized spacial score (nSPS) is 16.5. The zero-order chi connectivity index (χ0) is 28.1. The van der Waals surface area contributed by atoms with Crippen LogP contribution in [0.1, 0.15) is 16.7 Å². The summed E-state index contributed by atoms with van der Waals surface area (Å²) in [5.41, 5.74) is 7.41. The summed E-state index contributed by atoms with van der Waals surface area (Å²) in [4.78, 5) is 0. The van der Waals surface area contributed by atoms with Crippen LogP contribution in [0.15, 0.2) is 165 Å². The summed E-state index contributed by atoms with van der Waals surface area (Å²) in [6.07, 6.45) is 37.0. The SMILES string of the molecule is C1=CN2C=Cc3ccccc3N2C=C1.C1=CN2C=Cc3ccccc3N2C=C1.C1=CN2C=Cc3ccccc3N2C=C1.[Co+2]. The van der Waals surface area contributed by atoms with E-state index in [1.807, 2.05) is 55.1 Å². The number of nitrogens with zero attached hydrogens (tertiary/aromatic N) is 6. The van der Waals surface area contributed by atoms with E-state index in [9.17, 15) is 0 Å². The summed E-state index contributed by atoms with van der Waals surface area (Å²) in [6.45, 7) is 0. The topological polar surface area (TPSA) is 19.4 Å². The van der Waals surface area contributed by atoms with Gasteiger partial charge in [-0.15, -0.1) is 0 Å². The molecule has 0 N–H and O–H groups in total. The number of rotatable bonds is 0. The molecule has 0 fully saturated rings. The molecular formula is C36H30CoN6+2. The number of anilines is 3. The van der Waals surface area contributed by atoms with Crippen molar-refractivity contribution in [2.45, 2.75) is 0 Å². The second-order valence-electron chi connectivity index (χ2n) is 9.85. The van der Waals surface area contributed by atoms with Gasteiger partial charge in [0.05, 0.1) is 17.1 Å². The Hall–Kier alpha value is -5.37. The van der Waals surface area contributed by atoms with Gasteiger partial charge in [-0.2, -0.15) is 0 Å². The van der Waals surface area contributed by atoms with Gasteiger partial charge in [-0.3, -0.25) is 30.1 Å². The molecule has 6 aliphatic heterocycles. The number of allylic oxidation sites excluding steroid dienone is 6. The molecule has 7 heteroatoms. The first-order chi connectivity index (χ1) is 20.8. The second kappa shape index (κ2) is 12.6. The molecule has 6 nitrogen and oxygen atoms in total. The van der Waals surface area contributed by atoms with E-state index in [0.29, 0.717) is 0 Å². The van der Waals surface area contributed by atoms with Crippen LogP contribution in [0.4, 0.5) is 17.1 Å². The number of hydrogen-bond donors (Lipinski definition) is 0. The maximum absolute atomic E-state index is 2.12. The molecule has 0 amide bonds. The predicted octanol–water partition coefficient (Wildman–Crippen LogP) is 8.20. The molecule has 0 aromatic heterocycles. The van der Waals surface area contributed by atoms with Crippen molar-refractivity contribution in [3.8, 4) is 0 Å². The molecule has 9 rings (SSSR count). The Labute approximate surface area is 263 Å². The number of para-hydroxylation sites is 3. The fourth-order valence-corrected chi connectivity index (χ4v) is 5.21. The standard InChI is InChI=1S/3C12H10N2.Co/c3*1-2-6-12-11(5-1)7-10-13-8-3-4-9-14(12)13;/h3*1-10H;/q;;;+2. The van der Waals surface area contributed by atoms with Crippen molar-refractivity contribution in [2.24, 2.45) is 0 Å².